The molecule has 0 bridgehead atoms. The highest BCUT2D eigenvalue weighted by Crippen LogP contribution is 2.34. The van der Waals surface area contributed by atoms with Crippen LogP contribution in [0.2, 0.25) is 0 Å². The molecule has 0 unspecified atom stereocenters. The molecule has 2 N–H and O–H groups in total. The Labute approximate surface area is 144 Å². The Hall–Kier alpha value is -2.41. The first-order chi connectivity index (χ1) is 11.4. The molecule has 0 aliphatic heterocycles. The maximum Gasteiger partial charge on any atom is 0.308 e. The highest BCUT2D eigenvalue weighted by Gasteiger charge is 2.18. The summed E-state index contributed by atoms with van der Waals surface area (Å²) in [4.78, 5) is 28.0. The van der Waals surface area contributed by atoms with Crippen LogP contribution in [0.15, 0.2) is 18.2 Å². The zero-order valence-electron chi connectivity index (χ0n) is 13.9. The summed E-state index contributed by atoms with van der Waals surface area (Å²) in [6.45, 7) is 3.83. The van der Waals surface area contributed by atoms with Crippen molar-refractivity contribution in [1.29, 1.82) is 0 Å². The van der Waals surface area contributed by atoms with Gasteiger partial charge in [0, 0.05) is 16.9 Å². The summed E-state index contributed by atoms with van der Waals surface area (Å²) in [7, 11) is 1.59. The fourth-order valence-electron chi connectivity index (χ4n) is 2.31. The predicted molar refractivity (Wildman–Crippen MR) is 93.7 cm³/mol. The Bertz CT molecular complexity index is 755. The monoisotopic (exact) mass is 348 g/mol. The first kappa shape index (κ1) is 17.9. The van der Waals surface area contributed by atoms with Gasteiger partial charge in [-0.05, 0) is 37.1 Å². The van der Waals surface area contributed by atoms with Gasteiger partial charge in [-0.25, -0.2) is 4.98 Å². The van der Waals surface area contributed by atoms with Crippen LogP contribution in [-0.2, 0) is 16.0 Å². The van der Waals surface area contributed by atoms with E-state index in [-0.39, 0.29) is 12.3 Å². The van der Waals surface area contributed by atoms with Gasteiger partial charge in [0.05, 0.1) is 19.2 Å². The molecule has 0 saturated heterocycles. The van der Waals surface area contributed by atoms with E-state index in [1.165, 1.54) is 11.3 Å². The number of ether oxygens (including phenoxy) is 1. The Balaban J connectivity index is 2.41. The Kier molecular flexibility index (Phi) is 5.92. The highest BCUT2D eigenvalue weighted by molar-refractivity contribution is 7.16. The lowest BCUT2D eigenvalue weighted by atomic mass is 10.0. The third-order valence-corrected chi connectivity index (χ3v) is 4.39. The summed E-state index contributed by atoms with van der Waals surface area (Å²) in [6, 6.07) is 5.53. The molecule has 0 atom stereocenters. The number of rotatable bonds is 7. The third kappa shape index (κ3) is 4.32. The fraction of sp³-hybridized carbons (Fsp3) is 0.353. The molecule has 24 heavy (non-hydrogen) atoms. The first-order valence-electron chi connectivity index (χ1n) is 7.61. The molecule has 7 heteroatoms. The summed E-state index contributed by atoms with van der Waals surface area (Å²) in [5.41, 5.74) is 2.35. The molecule has 1 aromatic heterocycles. The van der Waals surface area contributed by atoms with Crippen molar-refractivity contribution < 1.29 is 19.4 Å². The van der Waals surface area contributed by atoms with E-state index in [9.17, 15) is 9.59 Å². The van der Waals surface area contributed by atoms with Gasteiger partial charge >= 0.3 is 5.97 Å². The number of carboxylic acids is 1. The lowest BCUT2D eigenvalue weighted by Gasteiger charge is -2.07. The molecule has 1 amide bonds. The van der Waals surface area contributed by atoms with Crippen molar-refractivity contribution >= 4 is 28.3 Å². The summed E-state index contributed by atoms with van der Waals surface area (Å²) in [5, 5.41) is 12.3. The highest BCUT2D eigenvalue weighted by atomic mass is 32.1. The number of aliphatic carboxylic acids is 1. The minimum absolute atomic E-state index is 0.119. The van der Waals surface area contributed by atoms with E-state index in [4.69, 9.17) is 9.84 Å². The molecule has 1 heterocycles. The van der Waals surface area contributed by atoms with Crippen molar-refractivity contribution in [2.75, 3.05) is 12.4 Å². The topological polar surface area (TPSA) is 88.5 Å². The van der Waals surface area contributed by atoms with Gasteiger partial charge < -0.3 is 15.2 Å². The Morgan fingerprint density at radius 3 is 2.71 bits per heavy atom. The number of benzene rings is 1. The normalized spacial score (nSPS) is 10.5. The van der Waals surface area contributed by atoms with Crippen LogP contribution < -0.4 is 10.1 Å². The van der Waals surface area contributed by atoms with Gasteiger partial charge in [0.1, 0.15) is 5.75 Å². The van der Waals surface area contributed by atoms with E-state index in [1.54, 1.807) is 7.11 Å². The van der Waals surface area contributed by atoms with Crippen molar-refractivity contribution in [2.24, 2.45) is 0 Å². The number of amides is 1. The molecule has 0 saturated carbocycles. The molecule has 0 spiro atoms. The quantitative estimate of drug-likeness (QED) is 0.799. The van der Waals surface area contributed by atoms with Gasteiger partial charge in [0.25, 0.3) is 0 Å². The molecule has 2 rings (SSSR count). The zero-order chi connectivity index (χ0) is 17.7. The third-order valence-electron chi connectivity index (χ3n) is 3.42. The van der Waals surface area contributed by atoms with Crippen LogP contribution in [0.3, 0.4) is 0 Å². The molecule has 0 aliphatic rings. The number of hydrogen-bond donors (Lipinski definition) is 2. The number of hydrogen-bond acceptors (Lipinski definition) is 5. The lowest BCUT2D eigenvalue weighted by molar-refractivity contribution is -0.136. The van der Waals surface area contributed by atoms with Crippen LogP contribution >= 0.6 is 11.3 Å². The number of carbonyl (C=O) groups is 2. The molecule has 2 aromatic rings. The van der Waals surface area contributed by atoms with E-state index in [2.05, 4.69) is 10.3 Å². The molecule has 1 aromatic carbocycles. The van der Waals surface area contributed by atoms with Gasteiger partial charge in [-0.15, -0.1) is 11.3 Å². The predicted octanol–water partition coefficient (Wildman–Crippen LogP) is 3.49. The fourth-order valence-corrected chi connectivity index (χ4v) is 3.29. The van der Waals surface area contributed by atoms with E-state index in [0.29, 0.717) is 22.1 Å². The smallest absolute Gasteiger partial charge is 0.308 e. The van der Waals surface area contributed by atoms with E-state index in [0.717, 1.165) is 23.3 Å². The van der Waals surface area contributed by atoms with Crippen LogP contribution in [0.25, 0.3) is 11.3 Å². The molecule has 0 fully saturated rings. The maximum atomic E-state index is 11.8. The lowest BCUT2D eigenvalue weighted by Crippen LogP contribution is -2.10. The summed E-state index contributed by atoms with van der Waals surface area (Å²) >= 11 is 1.20. The number of methoxy groups -OCH3 is 1. The number of aryl methyl sites for hydroxylation is 1. The number of thiazole rings is 1. The first-order valence-corrected chi connectivity index (χ1v) is 8.42. The number of nitrogens with one attached hydrogen (secondary N) is 1. The van der Waals surface area contributed by atoms with Gasteiger partial charge in [-0.1, -0.05) is 6.92 Å². The van der Waals surface area contributed by atoms with Crippen molar-refractivity contribution in [2.45, 2.75) is 33.1 Å². The number of carboxylic acid groups (broad SMARTS) is 1. The van der Waals surface area contributed by atoms with Crippen molar-refractivity contribution in [3.63, 3.8) is 0 Å². The van der Waals surface area contributed by atoms with Gasteiger partial charge in [-0.3, -0.25) is 9.59 Å². The van der Waals surface area contributed by atoms with Crippen LogP contribution in [0, 0.1) is 6.92 Å². The SMILES string of the molecule is CCCC(=O)Nc1nc(-c2ccc(OC)cc2C)c(CC(=O)O)s1. The van der Waals surface area contributed by atoms with E-state index >= 15 is 0 Å². The minimum Gasteiger partial charge on any atom is -0.497 e. The standard InChI is InChI=1S/C17H20N2O4S/c1-4-5-14(20)18-17-19-16(13(24-17)9-15(21)22)12-7-6-11(23-3)8-10(12)2/h6-8H,4-5,9H2,1-3H3,(H,21,22)(H,18,19,20). The van der Waals surface area contributed by atoms with Crippen molar-refractivity contribution in [1.82, 2.24) is 4.98 Å². The number of carbonyl (C=O) groups excluding carboxylic acids is 1. The Morgan fingerprint density at radius 1 is 1.38 bits per heavy atom. The van der Waals surface area contributed by atoms with Gasteiger partial charge in [0.2, 0.25) is 5.91 Å². The van der Waals surface area contributed by atoms with Crippen LogP contribution in [0.1, 0.15) is 30.2 Å². The van der Waals surface area contributed by atoms with Crippen LogP contribution in [-0.4, -0.2) is 29.1 Å². The second-order valence-corrected chi connectivity index (χ2v) is 6.42. The van der Waals surface area contributed by atoms with Crippen LogP contribution in [0.4, 0.5) is 5.13 Å². The molecule has 0 aliphatic carbocycles. The van der Waals surface area contributed by atoms with Gasteiger partial charge in [0.15, 0.2) is 5.13 Å². The number of aromatic nitrogens is 1. The molecule has 6 nitrogen and oxygen atoms in total. The van der Waals surface area contributed by atoms with Crippen LogP contribution in [0.5, 0.6) is 5.75 Å². The molecular formula is C17H20N2O4S. The Morgan fingerprint density at radius 2 is 2.12 bits per heavy atom. The largest absolute Gasteiger partial charge is 0.497 e. The second kappa shape index (κ2) is 7.92. The summed E-state index contributed by atoms with van der Waals surface area (Å²) in [5.74, 6) is -0.327. The van der Waals surface area contributed by atoms with Crippen molar-refractivity contribution in [3.8, 4) is 17.0 Å². The number of anilines is 1. The number of nitrogens with zero attached hydrogens (tertiary/aromatic N) is 1. The summed E-state index contributed by atoms with van der Waals surface area (Å²) in [6.07, 6.45) is 1.01. The average molecular weight is 348 g/mol. The van der Waals surface area contributed by atoms with E-state index in [1.807, 2.05) is 32.0 Å². The zero-order valence-corrected chi connectivity index (χ0v) is 14.7. The second-order valence-electron chi connectivity index (χ2n) is 5.34. The minimum atomic E-state index is -0.933. The maximum absolute atomic E-state index is 11.8. The molecule has 128 valence electrons. The average Bonchev–Trinajstić information content (AvgIpc) is 2.88. The summed E-state index contributed by atoms with van der Waals surface area (Å²) < 4.78 is 5.20. The molecule has 0 radical (unpaired) electrons. The molecular weight excluding hydrogens is 328 g/mol. The van der Waals surface area contributed by atoms with E-state index < -0.39 is 5.97 Å². The van der Waals surface area contributed by atoms with Gasteiger partial charge in [-0.2, -0.15) is 0 Å². The van der Waals surface area contributed by atoms with Crippen molar-refractivity contribution in [3.05, 3.63) is 28.6 Å².